The van der Waals surface area contributed by atoms with Crippen molar-refractivity contribution in [3.8, 4) is 0 Å². The number of rotatable bonds is 6. The molecule has 0 heterocycles. The van der Waals surface area contributed by atoms with Gasteiger partial charge in [-0.25, -0.2) is 4.39 Å². The first-order valence-corrected chi connectivity index (χ1v) is 7.29. The Morgan fingerprint density at radius 2 is 1.81 bits per heavy atom. The van der Waals surface area contributed by atoms with E-state index in [0.717, 1.165) is 11.1 Å². The van der Waals surface area contributed by atoms with Gasteiger partial charge >= 0.3 is 0 Å². The zero-order valence-corrected chi connectivity index (χ0v) is 12.5. The number of hydrogen-bond acceptors (Lipinski definition) is 2. The topological polar surface area (TPSA) is 32.3 Å². The normalized spacial score (nSPS) is 13.9. The SMILES string of the molecule is Cc1ccc(C(C)N[C@H](CCO)c2ccccc2)cc1F. The van der Waals surface area contributed by atoms with Crippen LogP contribution in [0.5, 0.6) is 0 Å². The monoisotopic (exact) mass is 287 g/mol. The van der Waals surface area contributed by atoms with Crippen LogP contribution in [0.2, 0.25) is 0 Å². The number of nitrogens with one attached hydrogen (secondary N) is 1. The van der Waals surface area contributed by atoms with Crippen LogP contribution in [0, 0.1) is 12.7 Å². The fraction of sp³-hybridized carbons (Fsp3) is 0.333. The molecule has 0 fully saturated rings. The van der Waals surface area contributed by atoms with E-state index in [1.54, 1.807) is 19.1 Å². The van der Waals surface area contributed by atoms with E-state index in [1.807, 2.05) is 43.3 Å². The minimum absolute atomic E-state index is 0.0110. The summed E-state index contributed by atoms with van der Waals surface area (Å²) in [5, 5.41) is 12.7. The van der Waals surface area contributed by atoms with Gasteiger partial charge in [0.1, 0.15) is 5.82 Å². The van der Waals surface area contributed by atoms with E-state index in [2.05, 4.69) is 5.32 Å². The molecule has 2 aromatic carbocycles. The quantitative estimate of drug-likeness (QED) is 0.844. The molecule has 2 rings (SSSR count). The summed E-state index contributed by atoms with van der Waals surface area (Å²) in [5.74, 6) is -0.181. The summed E-state index contributed by atoms with van der Waals surface area (Å²) in [6.07, 6.45) is 0.628. The maximum absolute atomic E-state index is 13.7. The Kier molecular flexibility index (Phi) is 5.48. The van der Waals surface area contributed by atoms with Crippen molar-refractivity contribution in [2.24, 2.45) is 0 Å². The molecule has 0 saturated carbocycles. The fourth-order valence-corrected chi connectivity index (χ4v) is 2.44. The second-order valence-electron chi connectivity index (χ2n) is 5.37. The number of halogens is 1. The van der Waals surface area contributed by atoms with Crippen molar-refractivity contribution >= 4 is 0 Å². The Bertz CT molecular complexity index is 571. The van der Waals surface area contributed by atoms with Gasteiger partial charge in [-0.15, -0.1) is 0 Å². The van der Waals surface area contributed by atoms with Gasteiger partial charge < -0.3 is 10.4 Å². The molecule has 0 radical (unpaired) electrons. The average Bonchev–Trinajstić information content (AvgIpc) is 2.50. The molecule has 0 aromatic heterocycles. The number of aliphatic hydroxyl groups excluding tert-OH is 1. The van der Waals surface area contributed by atoms with Gasteiger partial charge in [-0.3, -0.25) is 0 Å². The fourth-order valence-electron chi connectivity index (χ4n) is 2.44. The number of benzene rings is 2. The van der Waals surface area contributed by atoms with Crippen LogP contribution in [0.3, 0.4) is 0 Å². The first-order chi connectivity index (χ1) is 10.1. The lowest BCUT2D eigenvalue weighted by molar-refractivity contribution is 0.260. The van der Waals surface area contributed by atoms with Crippen molar-refractivity contribution in [3.05, 3.63) is 71.0 Å². The molecule has 2 N–H and O–H groups in total. The summed E-state index contributed by atoms with van der Waals surface area (Å²) >= 11 is 0. The molecule has 0 amide bonds. The van der Waals surface area contributed by atoms with Crippen molar-refractivity contribution in [3.63, 3.8) is 0 Å². The summed E-state index contributed by atoms with van der Waals surface area (Å²) in [6.45, 7) is 3.88. The largest absolute Gasteiger partial charge is 0.396 e. The van der Waals surface area contributed by atoms with E-state index in [1.165, 1.54) is 0 Å². The predicted octanol–water partition coefficient (Wildman–Crippen LogP) is 3.91. The van der Waals surface area contributed by atoms with Crippen LogP contribution in [0.25, 0.3) is 0 Å². The minimum Gasteiger partial charge on any atom is -0.396 e. The highest BCUT2D eigenvalue weighted by atomic mass is 19.1. The van der Waals surface area contributed by atoms with Crippen molar-refractivity contribution in [2.75, 3.05) is 6.61 Å². The number of hydrogen-bond donors (Lipinski definition) is 2. The number of aryl methyl sites for hydroxylation is 1. The second kappa shape index (κ2) is 7.34. The second-order valence-corrected chi connectivity index (χ2v) is 5.37. The van der Waals surface area contributed by atoms with Crippen LogP contribution in [-0.2, 0) is 0 Å². The standard InChI is InChI=1S/C18H22FNO/c1-13-8-9-16(12-17(13)19)14(2)20-18(10-11-21)15-6-4-3-5-7-15/h3-9,12,14,18,20-21H,10-11H2,1-2H3/t14?,18-/m1/s1. The van der Waals surface area contributed by atoms with E-state index in [0.29, 0.717) is 12.0 Å². The Hall–Kier alpha value is -1.71. The van der Waals surface area contributed by atoms with Gasteiger partial charge in [0.05, 0.1) is 0 Å². The molecule has 0 aliphatic rings. The molecule has 0 spiro atoms. The highest BCUT2D eigenvalue weighted by molar-refractivity contribution is 5.26. The molecule has 2 nitrogen and oxygen atoms in total. The van der Waals surface area contributed by atoms with Gasteiger partial charge in [-0.05, 0) is 43.0 Å². The van der Waals surface area contributed by atoms with E-state index in [9.17, 15) is 9.50 Å². The van der Waals surface area contributed by atoms with Crippen molar-refractivity contribution in [1.82, 2.24) is 5.32 Å². The lowest BCUT2D eigenvalue weighted by Crippen LogP contribution is -2.25. The molecular weight excluding hydrogens is 265 g/mol. The van der Waals surface area contributed by atoms with Crippen LogP contribution in [0.4, 0.5) is 4.39 Å². The highest BCUT2D eigenvalue weighted by Gasteiger charge is 2.15. The zero-order valence-electron chi connectivity index (χ0n) is 12.5. The van der Waals surface area contributed by atoms with Crippen molar-refractivity contribution in [2.45, 2.75) is 32.4 Å². The Balaban J connectivity index is 2.14. The maximum atomic E-state index is 13.7. The van der Waals surface area contributed by atoms with Crippen molar-refractivity contribution < 1.29 is 9.50 Å². The summed E-state index contributed by atoms with van der Waals surface area (Å²) in [6, 6.07) is 15.4. The molecule has 2 atom stereocenters. The lowest BCUT2D eigenvalue weighted by atomic mass is 10.0. The first kappa shape index (κ1) is 15.7. The maximum Gasteiger partial charge on any atom is 0.126 e. The molecule has 112 valence electrons. The smallest absolute Gasteiger partial charge is 0.126 e. The van der Waals surface area contributed by atoms with Crippen LogP contribution < -0.4 is 5.32 Å². The summed E-state index contributed by atoms with van der Waals surface area (Å²) < 4.78 is 13.7. The van der Waals surface area contributed by atoms with Gasteiger partial charge in [0, 0.05) is 18.7 Å². The van der Waals surface area contributed by atoms with Gasteiger partial charge in [-0.1, -0.05) is 42.5 Å². The summed E-state index contributed by atoms with van der Waals surface area (Å²) in [5.41, 5.74) is 2.70. The van der Waals surface area contributed by atoms with E-state index in [-0.39, 0.29) is 24.5 Å². The Morgan fingerprint density at radius 1 is 1.10 bits per heavy atom. The average molecular weight is 287 g/mol. The summed E-state index contributed by atoms with van der Waals surface area (Å²) in [7, 11) is 0. The molecular formula is C18H22FNO. The predicted molar refractivity (Wildman–Crippen MR) is 83.6 cm³/mol. The van der Waals surface area contributed by atoms with Crippen LogP contribution in [0.15, 0.2) is 48.5 Å². The van der Waals surface area contributed by atoms with Gasteiger partial charge in [-0.2, -0.15) is 0 Å². The third-order valence-electron chi connectivity index (χ3n) is 3.77. The molecule has 0 bridgehead atoms. The highest BCUT2D eigenvalue weighted by Crippen LogP contribution is 2.23. The van der Waals surface area contributed by atoms with Gasteiger partial charge in [0.2, 0.25) is 0 Å². The van der Waals surface area contributed by atoms with E-state index < -0.39 is 0 Å². The third kappa shape index (κ3) is 4.13. The lowest BCUT2D eigenvalue weighted by Gasteiger charge is -2.24. The molecule has 0 aliphatic heterocycles. The molecule has 1 unspecified atom stereocenters. The molecule has 21 heavy (non-hydrogen) atoms. The molecule has 2 aromatic rings. The molecule has 0 saturated heterocycles. The van der Waals surface area contributed by atoms with Gasteiger partial charge in [0.25, 0.3) is 0 Å². The van der Waals surface area contributed by atoms with Crippen LogP contribution >= 0.6 is 0 Å². The first-order valence-electron chi connectivity index (χ1n) is 7.29. The van der Waals surface area contributed by atoms with Crippen LogP contribution in [-0.4, -0.2) is 11.7 Å². The molecule has 3 heteroatoms. The zero-order chi connectivity index (χ0) is 15.2. The Morgan fingerprint density at radius 3 is 2.43 bits per heavy atom. The van der Waals surface area contributed by atoms with Crippen molar-refractivity contribution in [1.29, 1.82) is 0 Å². The van der Waals surface area contributed by atoms with E-state index in [4.69, 9.17) is 0 Å². The van der Waals surface area contributed by atoms with E-state index >= 15 is 0 Å². The third-order valence-corrected chi connectivity index (χ3v) is 3.77. The number of aliphatic hydroxyl groups is 1. The van der Waals surface area contributed by atoms with Gasteiger partial charge in [0.15, 0.2) is 0 Å². The molecule has 0 aliphatic carbocycles. The van der Waals surface area contributed by atoms with Crippen LogP contribution in [0.1, 0.15) is 42.1 Å². The summed E-state index contributed by atoms with van der Waals surface area (Å²) in [4.78, 5) is 0. The Labute approximate surface area is 125 Å². The minimum atomic E-state index is -0.181.